The molecule has 0 aromatic carbocycles. The van der Waals surface area contributed by atoms with Gasteiger partial charge in [0, 0.05) is 0 Å². The minimum Gasteiger partial charge on any atom is -0.390 e. The molecule has 2 heteroatoms. The van der Waals surface area contributed by atoms with Crippen molar-refractivity contribution in [3.8, 4) is 0 Å². The van der Waals surface area contributed by atoms with Crippen molar-refractivity contribution in [1.29, 1.82) is 0 Å². The number of alkyl halides is 1. The minimum atomic E-state index is -1.09. The zero-order valence-corrected chi connectivity index (χ0v) is 3.98. The molecule has 38 valence electrons. The molecule has 0 heterocycles. The predicted octanol–water partition coefficient (Wildman–Crippen LogP) is 0.725. The van der Waals surface area contributed by atoms with Gasteiger partial charge in [-0.05, 0) is 13.8 Å². The molecule has 0 aliphatic heterocycles. The van der Waals surface area contributed by atoms with E-state index in [0.29, 0.717) is 0 Å². The monoisotopic (exact) mass is 92.1 g/mol. The zero-order chi connectivity index (χ0) is 5.15. The van der Waals surface area contributed by atoms with E-state index in [0.717, 1.165) is 0 Å². The van der Waals surface area contributed by atoms with E-state index in [-0.39, 0.29) is 0 Å². The number of hydrogen-bond donors (Lipinski definition) is 1. The Bertz CT molecular complexity index is 28.5. The van der Waals surface area contributed by atoms with Gasteiger partial charge in [0.15, 0.2) is 0 Å². The first-order valence-corrected chi connectivity index (χ1v) is 1.96. The van der Waals surface area contributed by atoms with Crippen LogP contribution in [0.3, 0.4) is 0 Å². The second-order valence-corrected chi connectivity index (χ2v) is 1.42. The highest BCUT2D eigenvalue weighted by molar-refractivity contribution is 4.51. The quantitative estimate of drug-likeness (QED) is 0.505. The summed E-state index contributed by atoms with van der Waals surface area (Å²) in [5, 5.41) is 8.25. The van der Waals surface area contributed by atoms with E-state index in [9.17, 15) is 4.39 Å². The third-order valence-corrected chi connectivity index (χ3v) is 0.665. The fourth-order valence-corrected chi connectivity index (χ4v) is 0. The number of aliphatic hydroxyl groups is 1. The van der Waals surface area contributed by atoms with Crippen LogP contribution < -0.4 is 0 Å². The van der Waals surface area contributed by atoms with Crippen molar-refractivity contribution >= 4 is 0 Å². The molecule has 0 radical (unpaired) electrons. The number of hydrogen-bond acceptors (Lipinski definition) is 1. The summed E-state index contributed by atoms with van der Waals surface area (Å²) in [4.78, 5) is 0. The molecule has 0 unspecified atom stereocenters. The smallest absolute Gasteiger partial charge is 0.123 e. The summed E-state index contributed by atoms with van der Waals surface area (Å²) in [5.74, 6) is 0. The molecule has 2 atom stereocenters. The summed E-state index contributed by atoms with van der Waals surface area (Å²) in [6.07, 6.45) is -1.91. The number of aliphatic hydroxyl groups excluding tert-OH is 1. The van der Waals surface area contributed by atoms with Gasteiger partial charge in [0.1, 0.15) is 6.17 Å². The molecule has 0 amide bonds. The van der Waals surface area contributed by atoms with E-state index < -0.39 is 12.3 Å². The van der Waals surface area contributed by atoms with Crippen LogP contribution in [0.1, 0.15) is 13.8 Å². The first-order chi connectivity index (χ1) is 2.64. The Balaban J connectivity index is 2.99. The third kappa shape index (κ3) is 2.15. The second kappa shape index (κ2) is 2.13. The van der Waals surface area contributed by atoms with Crippen LogP contribution in [0.2, 0.25) is 0 Å². The lowest BCUT2D eigenvalue weighted by molar-refractivity contribution is 0.104. The van der Waals surface area contributed by atoms with Crippen molar-refractivity contribution in [2.24, 2.45) is 0 Å². The first kappa shape index (κ1) is 5.89. The largest absolute Gasteiger partial charge is 0.390 e. The van der Waals surface area contributed by atoms with Gasteiger partial charge in [0.2, 0.25) is 0 Å². The molecule has 0 saturated heterocycles. The van der Waals surface area contributed by atoms with Crippen LogP contribution in [0.4, 0.5) is 4.39 Å². The van der Waals surface area contributed by atoms with Gasteiger partial charge >= 0.3 is 0 Å². The Morgan fingerprint density at radius 2 is 1.67 bits per heavy atom. The van der Waals surface area contributed by atoms with Gasteiger partial charge in [-0.1, -0.05) is 0 Å². The maximum Gasteiger partial charge on any atom is 0.123 e. The molecule has 0 rings (SSSR count). The molecule has 0 bridgehead atoms. The van der Waals surface area contributed by atoms with Gasteiger partial charge in [0.25, 0.3) is 0 Å². The summed E-state index contributed by atoms with van der Waals surface area (Å²) >= 11 is 0. The molecule has 0 aromatic heterocycles. The highest BCUT2D eigenvalue weighted by Crippen LogP contribution is 1.92. The number of halogens is 1. The Hall–Kier alpha value is -0.110. The Labute approximate surface area is 36.8 Å². The molecule has 0 saturated carbocycles. The van der Waals surface area contributed by atoms with Crippen molar-refractivity contribution in [1.82, 2.24) is 0 Å². The molecular weight excluding hydrogens is 83.0 g/mol. The molecule has 0 spiro atoms. The van der Waals surface area contributed by atoms with Crippen LogP contribution in [0.25, 0.3) is 0 Å². The van der Waals surface area contributed by atoms with Crippen molar-refractivity contribution in [3.05, 3.63) is 0 Å². The van der Waals surface area contributed by atoms with Crippen molar-refractivity contribution in [2.45, 2.75) is 26.1 Å². The maximum atomic E-state index is 11.6. The van der Waals surface area contributed by atoms with Crippen LogP contribution in [-0.2, 0) is 0 Å². The first-order valence-electron chi connectivity index (χ1n) is 1.96. The topological polar surface area (TPSA) is 20.2 Å². The van der Waals surface area contributed by atoms with Crippen LogP contribution in [-0.4, -0.2) is 17.4 Å². The Morgan fingerprint density at radius 1 is 1.50 bits per heavy atom. The Kier molecular flexibility index (Phi) is 2.09. The lowest BCUT2D eigenvalue weighted by Crippen LogP contribution is -2.12. The highest BCUT2D eigenvalue weighted by Gasteiger charge is 2.02. The normalized spacial score (nSPS) is 20.0. The van der Waals surface area contributed by atoms with E-state index >= 15 is 0 Å². The standard InChI is InChI=1S/C4H9FO/c1-3(5)4(2)6/h3-4,6H,1-2H3/t3-,4-/m0/s1. The van der Waals surface area contributed by atoms with Crippen LogP contribution in [0.5, 0.6) is 0 Å². The average Bonchev–Trinajstić information content (AvgIpc) is 1.36. The molecule has 0 fully saturated rings. The van der Waals surface area contributed by atoms with Crippen molar-refractivity contribution in [2.75, 3.05) is 0 Å². The summed E-state index contributed by atoms with van der Waals surface area (Å²) in [6.45, 7) is 2.75. The predicted molar refractivity (Wildman–Crippen MR) is 22.3 cm³/mol. The lowest BCUT2D eigenvalue weighted by Gasteiger charge is -2.00. The molecular formula is C4H9FO. The van der Waals surface area contributed by atoms with E-state index in [2.05, 4.69) is 0 Å². The molecule has 0 aliphatic rings. The molecule has 0 aliphatic carbocycles. The van der Waals surface area contributed by atoms with Gasteiger partial charge < -0.3 is 5.11 Å². The minimum absolute atomic E-state index is 0.815. The third-order valence-electron chi connectivity index (χ3n) is 0.665. The van der Waals surface area contributed by atoms with Crippen LogP contribution in [0, 0.1) is 0 Å². The van der Waals surface area contributed by atoms with Crippen LogP contribution in [0.15, 0.2) is 0 Å². The van der Waals surface area contributed by atoms with Gasteiger partial charge in [-0.2, -0.15) is 0 Å². The Morgan fingerprint density at radius 3 is 1.67 bits per heavy atom. The van der Waals surface area contributed by atoms with Gasteiger partial charge in [-0.25, -0.2) is 4.39 Å². The summed E-state index contributed by atoms with van der Waals surface area (Å²) in [6, 6.07) is 0. The molecule has 1 N–H and O–H groups in total. The van der Waals surface area contributed by atoms with E-state index in [1.807, 2.05) is 0 Å². The summed E-state index contributed by atoms with van der Waals surface area (Å²) in [5.41, 5.74) is 0. The van der Waals surface area contributed by atoms with Crippen molar-refractivity contribution < 1.29 is 9.50 Å². The van der Waals surface area contributed by atoms with Gasteiger partial charge in [0.05, 0.1) is 6.10 Å². The lowest BCUT2D eigenvalue weighted by atomic mass is 10.3. The second-order valence-electron chi connectivity index (χ2n) is 1.42. The maximum absolute atomic E-state index is 11.6. The fraction of sp³-hybridized carbons (Fsp3) is 1.00. The summed E-state index contributed by atoms with van der Waals surface area (Å²) < 4.78 is 11.6. The number of rotatable bonds is 1. The molecule has 0 aromatic rings. The SMILES string of the molecule is C[C@H](O)[C@H](C)F. The van der Waals surface area contributed by atoms with Gasteiger partial charge in [-0.15, -0.1) is 0 Å². The molecule has 6 heavy (non-hydrogen) atoms. The fourth-order valence-electron chi connectivity index (χ4n) is 0. The average molecular weight is 92.1 g/mol. The summed E-state index contributed by atoms with van der Waals surface area (Å²) in [7, 11) is 0. The highest BCUT2D eigenvalue weighted by atomic mass is 19.1. The molecule has 1 nitrogen and oxygen atoms in total. The van der Waals surface area contributed by atoms with E-state index in [1.165, 1.54) is 13.8 Å². The van der Waals surface area contributed by atoms with E-state index in [1.54, 1.807) is 0 Å². The van der Waals surface area contributed by atoms with Crippen molar-refractivity contribution in [3.63, 3.8) is 0 Å². The zero-order valence-electron chi connectivity index (χ0n) is 3.98. The van der Waals surface area contributed by atoms with Gasteiger partial charge in [-0.3, -0.25) is 0 Å². The van der Waals surface area contributed by atoms with Crippen LogP contribution >= 0.6 is 0 Å². The van der Waals surface area contributed by atoms with E-state index in [4.69, 9.17) is 5.11 Å².